The van der Waals surface area contributed by atoms with Crippen molar-refractivity contribution in [2.45, 2.75) is 19.2 Å². The fourth-order valence-electron chi connectivity index (χ4n) is 1.21. The van der Waals surface area contributed by atoms with Crippen LogP contribution in [0.2, 0.25) is 0 Å². The Kier molecular flexibility index (Phi) is 2.03. The van der Waals surface area contributed by atoms with Gasteiger partial charge in [-0.2, -0.15) is 5.10 Å². The van der Waals surface area contributed by atoms with Crippen molar-refractivity contribution in [2.24, 2.45) is 0 Å². The van der Waals surface area contributed by atoms with Gasteiger partial charge < -0.3 is 4.98 Å². The lowest BCUT2D eigenvalue weighted by molar-refractivity contribution is 0.764. The monoisotopic (exact) mass is 212 g/mol. The molecule has 0 aromatic carbocycles. The Morgan fingerprint density at radius 1 is 1.64 bits per heavy atom. The highest BCUT2D eigenvalue weighted by Crippen LogP contribution is 2.13. The molecule has 74 valence electrons. The zero-order valence-corrected chi connectivity index (χ0v) is 8.54. The van der Waals surface area contributed by atoms with Gasteiger partial charge in [-0.1, -0.05) is 0 Å². The molecule has 1 atom stereocenters. The Bertz CT molecular complexity index is 528. The summed E-state index contributed by atoms with van der Waals surface area (Å²) in [5.74, 6) is 1.12. The molecule has 0 bridgehead atoms. The van der Waals surface area contributed by atoms with Crippen molar-refractivity contribution in [2.75, 3.05) is 0 Å². The second-order valence-corrected chi connectivity index (χ2v) is 3.71. The number of hydrogen-bond donors (Lipinski definition) is 1. The maximum absolute atomic E-state index is 11.5. The Labute approximate surface area is 84.7 Å². The lowest BCUT2D eigenvalue weighted by atomic mass is 10.4. The van der Waals surface area contributed by atoms with Gasteiger partial charge in [0.25, 0.3) is 5.56 Å². The lowest BCUT2D eigenvalue weighted by Gasteiger charge is -2.02. The van der Waals surface area contributed by atoms with Gasteiger partial charge in [-0.25, -0.2) is 9.50 Å². The summed E-state index contributed by atoms with van der Waals surface area (Å²) in [4.78, 5) is 18.1. The minimum absolute atomic E-state index is 0.219. The molecular weight excluding hydrogens is 204 g/mol. The summed E-state index contributed by atoms with van der Waals surface area (Å²) in [6.45, 7) is 3.53. The molecule has 0 spiro atoms. The molecule has 0 amide bonds. The van der Waals surface area contributed by atoms with E-state index in [4.69, 9.17) is 11.6 Å². The fraction of sp³-hybridized carbons (Fsp3) is 0.375. The standard InChI is InChI=1S/C8H9ClN4O/c1-4(9)7-11-8(14)6-3-10-5(2)13(6)12-7/h3-4H,1-2H3,(H,11,12,14). The van der Waals surface area contributed by atoms with E-state index in [1.54, 1.807) is 13.8 Å². The van der Waals surface area contributed by atoms with Crippen LogP contribution in [0.25, 0.3) is 5.52 Å². The molecule has 0 aliphatic rings. The number of fused-ring (bicyclic) bond motifs is 1. The Morgan fingerprint density at radius 2 is 2.36 bits per heavy atom. The van der Waals surface area contributed by atoms with Gasteiger partial charge in [-0.15, -0.1) is 11.6 Å². The molecule has 0 fully saturated rings. The number of imidazole rings is 1. The molecule has 2 aromatic heterocycles. The third-order valence-corrected chi connectivity index (χ3v) is 2.17. The molecular formula is C8H9ClN4O. The minimum Gasteiger partial charge on any atom is -0.306 e. The van der Waals surface area contributed by atoms with Crippen molar-refractivity contribution in [3.8, 4) is 0 Å². The molecule has 0 radical (unpaired) electrons. The number of nitrogens with zero attached hydrogens (tertiary/aromatic N) is 3. The number of aromatic amines is 1. The predicted molar refractivity (Wildman–Crippen MR) is 52.6 cm³/mol. The van der Waals surface area contributed by atoms with Crippen LogP contribution >= 0.6 is 11.6 Å². The van der Waals surface area contributed by atoms with Crippen molar-refractivity contribution in [1.29, 1.82) is 0 Å². The molecule has 2 heterocycles. The largest absolute Gasteiger partial charge is 0.306 e. The van der Waals surface area contributed by atoms with E-state index in [0.717, 1.165) is 0 Å². The molecule has 2 aromatic rings. The predicted octanol–water partition coefficient (Wildman–Crippen LogP) is 1.03. The SMILES string of the molecule is Cc1ncc2c(=O)[nH]c(C(C)Cl)nn12. The van der Waals surface area contributed by atoms with Crippen LogP contribution in [0.5, 0.6) is 0 Å². The van der Waals surface area contributed by atoms with Gasteiger partial charge in [0.05, 0.1) is 11.6 Å². The normalized spacial score (nSPS) is 13.4. The highest BCUT2D eigenvalue weighted by Gasteiger charge is 2.09. The van der Waals surface area contributed by atoms with E-state index in [1.165, 1.54) is 10.7 Å². The quantitative estimate of drug-likeness (QED) is 0.718. The summed E-state index contributed by atoms with van der Waals surface area (Å²) in [6, 6.07) is 0. The molecule has 1 N–H and O–H groups in total. The first kappa shape index (κ1) is 9.21. The average molecular weight is 213 g/mol. The topological polar surface area (TPSA) is 63.0 Å². The van der Waals surface area contributed by atoms with Gasteiger partial charge in [-0.05, 0) is 13.8 Å². The van der Waals surface area contributed by atoms with Crippen LogP contribution < -0.4 is 5.56 Å². The van der Waals surface area contributed by atoms with Crippen LogP contribution in [0, 0.1) is 6.92 Å². The van der Waals surface area contributed by atoms with E-state index in [1.807, 2.05) is 0 Å². The van der Waals surface area contributed by atoms with Crippen molar-refractivity contribution in [3.63, 3.8) is 0 Å². The van der Waals surface area contributed by atoms with Crippen LogP contribution in [0.15, 0.2) is 11.0 Å². The number of aromatic nitrogens is 4. The smallest absolute Gasteiger partial charge is 0.276 e. The molecule has 6 heteroatoms. The van der Waals surface area contributed by atoms with Gasteiger partial charge in [0.1, 0.15) is 11.6 Å². The third-order valence-electron chi connectivity index (χ3n) is 1.97. The molecule has 2 rings (SSSR count). The molecule has 1 unspecified atom stereocenters. The van der Waals surface area contributed by atoms with E-state index < -0.39 is 0 Å². The lowest BCUT2D eigenvalue weighted by Crippen LogP contribution is -2.16. The van der Waals surface area contributed by atoms with Crippen LogP contribution in [-0.4, -0.2) is 19.6 Å². The average Bonchev–Trinajstić information content (AvgIpc) is 2.48. The zero-order chi connectivity index (χ0) is 10.3. The van der Waals surface area contributed by atoms with Gasteiger partial charge in [0.2, 0.25) is 0 Å². The molecule has 0 saturated carbocycles. The second kappa shape index (κ2) is 3.09. The van der Waals surface area contributed by atoms with Crippen molar-refractivity contribution in [1.82, 2.24) is 19.6 Å². The maximum Gasteiger partial charge on any atom is 0.276 e. The molecule has 0 aliphatic carbocycles. The Morgan fingerprint density at radius 3 is 3.00 bits per heavy atom. The number of hydrogen-bond acceptors (Lipinski definition) is 3. The summed E-state index contributed by atoms with van der Waals surface area (Å²) in [7, 11) is 0. The summed E-state index contributed by atoms with van der Waals surface area (Å²) in [5.41, 5.74) is 0.215. The Balaban J connectivity index is 2.82. The first-order valence-electron chi connectivity index (χ1n) is 4.18. The van der Waals surface area contributed by atoms with Crippen LogP contribution in [0.3, 0.4) is 0 Å². The van der Waals surface area contributed by atoms with E-state index in [9.17, 15) is 4.79 Å². The molecule has 14 heavy (non-hydrogen) atoms. The van der Waals surface area contributed by atoms with Crippen molar-refractivity contribution >= 4 is 17.1 Å². The maximum atomic E-state index is 11.5. The number of halogens is 1. The van der Waals surface area contributed by atoms with E-state index in [2.05, 4.69) is 15.1 Å². The number of rotatable bonds is 1. The number of nitrogens with one attached hydrogen (secondary N) is 1. The molecule has 0 saturated heterocycles. The summed E-state index contributed by atoms with van der Waals surface area (Å²) < 4.78 is 1.49. The Hall–Kier alpha value is -1.36. The first-order chi connectivity index (χ1) is 6.59. The van der Waals surface area contributed by atoms with Crippen LogP contribution in [0.1, 0.15) is 23.9 Å². The highest BCUT2D eigenvalue weighted by atomic mass is 35.5. The van der Waals surface area contributed by atoms with Gasteiger partial charge in [0.15, 0.2) is 5.52 Å². The van der Waals surface area contributed by atoms with E-state index in [-0.39, 0.29) is 10.9 Å². The minimum atomic E-state index is -0.325. The second-order valence-electron chi connectivity index (χ2n) is 3.06. The fourth-order valence-corrected chi connectivity index (χ4v) is 1.31. The van der Waals surface area contributed by atoms with Crippen molar-refractivity contribution in [3.05, 3.63) is 28.2 Å². The summed E-state index contributed by atoms with van der Waals surface area (Å²) in [5, 5.41) is 3.84. The van der Waals surface area contributed by atoms with E-state index >= 15 is 0 Å². The number of H-pyrrole nitrogens is 1. The van der Waals surface area contributed by atoms with Crippen LogP contribution in [-0.2, 0) is 0 Å². The first-order valence-corrected chi connectivity index (χ1v) is 4.62. The summed E-state index contributed by atoms with van der Waals surface area (Å²) in [6.07, 6.45) is 1.49. The molecule has 5 nitrogen and oxygen atoms in total. The van der Waals surface area contributed by atoms with Crippen LogP contribution in [0.4, 0.5) is 0 Å². The van der Waals surface area contributed by atoms with Crippen molar-refractivity contribution < 1.29 is 0 Å². The van der Waals surface area contributed by atoms with E-state index in [0.29, 0.717) is 17.2 Å². The third kappa shape index (κ3) is 1.29. The number of aryl methyl sites for hydroxylation is 1. The van der Waals surface area contributed by atoms with Gasteiger partial charge in [-0.3, -0.25) is 4.79 Å². The van der Waals surface area contributed by atoms with Gasteiger partial charge in [0, 0.05) is 0 Å². The highest BCUT2D eigenvalue weighted by molar-refractivity contribution is 6.20. The van der Waals surface area contributed by atoms with Gasteiger partial charge >= 0.3 is 0 Å². The summed E-state index contributed by atoms with van der Waals surface area (Å²) >= 11 is 5.83. The zero-order valence-electron chi connectivity index (χ0n) is 7.78. The molecule has 0 aliphatic heterocycles. The number of alkyl halides is 1.